The van der Waals surface area contributed by atoms with E-state index in [1.54, 1.807) is 11.9 Å². The quantitative estimate of drug-likeness (QED) is 0.396. The van der Waals surface area contributed by atoms with Crippen LogP contribution in [0.1, 0.15) is 17.5 Å². The lowest BCUT2D eigenvalue weighted by atomic mass is 10.00. The molecule has 1 amide bonds. The van der Waals surface area contributed by atoms with Gasteiger partial charge in [-0.1, -0.05) is 36.4 Å². The fraction of sp³-hybridized carbons (Fsp3) is 0.500. The summed E-state index contributed by atoms with van der Waals surface area (Å²) in [7, 11) is 3.98. The Morgan fingerprint density at radius 2 is 1.91 bits per heavy atom. The molecule has 7 nitrogen and oxygen atoms in total. The zero-order valence-corrected chi connectivity index (χ0v) is 21.0. The summed E-state index contributed by atoms with van der Waals surface area (Å²) in [4.78, 5) is 17.8. The maximum Gasteiger partial charge on any atom is 0.257 e. The van der Waals surface area contributed by atoms with Crippen LogP contribution in [-0.4, -0.2) is 90.7 Å². The van der Waals surface area contributed by atoms with Gasteiger partial charge >= 0.3 is 0 Å². The standard InChI is InChI=1S/C26H36N4O3S/c1-28(2)22-17-30(18-23(22)31)34-25-11-6-5-10-24(25)33-19-26(32)27-13-7-14-29-15-12-20-8-3-4-9-21(20)16-29/h3-6,8-11,22-23,31H,7,12-19H2,1-2H3,(H,27,32). The van der Waals surface area contributed by atoms with Crippen molar-refractivity contribution >= 4 is 17.9 Å². The summed E-state index contributed by atoms with van der Waals surface area (Å²) in [5.41, 5.74) is 2.88. The Kier molecular flexibility index (Phi) is 8.86. The number of carbonyl (C=O) groups is 1. The number of fused-ring (bicyclic) bond motifs is 1. The Bertz CT molecular complexity index is 957. The summed E-state index contributed by atoms with van der Waals surface area (Å²) in [6.07, 6.45) is 1.64. The Morgan fingerprint density at radius 1 is 1.15 bits per heavy atom. The lowest BCUT2D eigenvalue weighted by Crippen LogP contribution is -2.37. The maximum absolute atomic E-state index is 12.3. The van der Waals surface area contributed by atoms with Gasteiger partial charge in [0.05, 0.1) is 11.0 Å². The molecule has 2 aromatic carbocycles. The number of aliphatic hydroxyl groups excluding tert-OH is 1. The first-order valence-electron chi connectivity index (χ1n) is 12.0. The van der Waals surface area contributed by atoms with Crippen LogP contribution in [0.15, 0.2) is 53.4 Å². The lowest BCUT2D eigenvalue weighted by molar-refractivity contribution is -0.123. The Morgan fingerprint density at radius 3 is 2.71 bits per heavy atom. The average Bonchev–Trinajstić information content (AvgIpc) is 3.21. The van der Waals surface area contributed by atoms with E-state index in [4.69, 9.17) is 4.74 Å². The molecule has 0 radical (unpaired) electrons. The smallest absolute Gasteiger partial charge is 0.257 e. The average molecular weight is 485 g/mol. The highest BCUT2D eigenvalue weighted by Gasteiger charge is 2.33. The lowest BCUT2D eigenvalue weighted by Gasteiger charge is -2.28. The van der Waals surface area contributed by atoms with Crippen LogP contribution in [-0.2, 0) is 17.8 Å². The molecule has 2 N–H and O–H groups in total. The minimum Gasteiger partial charge on any atom is -0.483 e. The Labute approximate surface area is 207 Å². The van der Waals surface area contributed by atoms with Crippen molar-refractivity contribution in [1.29, 1.82) is 0 Å². The van der Waals surface area contributed by atoms with Gasteiger partial charge in [-0.3, -0.25) is 9.69 Å². The van der Waals surface area contributed by atoms with E-state index < -0.39 is 0 Å². The van der Waals surface area contributed by atoms with E-state index >= 15 is 0 Å². The number of nitrogens with one attached hydrogen (secondary N) is 1. The Hall–Kier alpha value is -2.10. The molecule has 34 heavy (non-hydrogen) atoms. The minimum atomic E-state index is -0.374. The summed E-state index contributed by atoms with van der Waals surface area (Å²) >= 11 is 1.57. The molecular weight excluding hydrogens is 448 g/mol. The van der Waals surface area contributed by atoms with Crippen LogP contribution in [0.5, 0.6) is 5.75 Å². The highest BCUT2D eigenvalue weighted by molar-refractivity contribution is 7.97. The van der Waals surface area contributed by atoms with Crippen molar-refractivity contribution in [3.05, 3.63) is 59.7 Å². The maximum atomic E-state index is 12.3. The summed E-state index contributed by atoms with van der Waals surface area (Å²) < 4.78 is 8.00. The Balaban J connectivity index is 1.17. The fourth-order valence-electron chi connectivity index (χ4n) is 4.57. The van der Waals surface area contributed by atoms with E-state index in [1.807, 2.05) is 38.4 Å². The predicted octanol–water partition coefficient (Wildman–Crippen LogP) is 2.24. The van der Waals surface area contributed by atoms with Crippen LogP contribution in [0.25, 0.3) is 0 Å². The van der Waals surface area contributed by atoms with Gasteiger partial charge < -0.3 is 20.1 Å². The third-order valence-corrected chi connectivity index (χ3v) is 7.60. The van der Waals surface area contributed by atoms with Crippen molar-refractivity contribution in [1.82, 2.24) is 19.4 Å². The van der Waals surface area contributed by atoms with Crippen molar-refractivity contribution in [3.63, 3.8) is 0 Å². The minimum absolute atomic E-state index is 0.00237. The van der Waals surface area contributed by atoms with Gasteiger partial charge in [-0.05, 0) is 62.1 Å². The SMILES string of the molecule is CN(C)C1CN(Sc2ccccc2OCC(=O)NCCCN2CCc3ccccc3C2)CC1O. The molecule has 2 aromatic rings. The van der Waals surface area contributed by atoms with E-state index in [1.165, 1.54) is 11.1 Å². The molecule has 0 aliphatic carbocycles. The van der Waals surface area contributed by atoms with Crippen molar-refractivity contribution in [3.8, 4) is 5.75 Å². The second-order valence-electron chi connectivity index (χ2n) is 9.27. The number of likely N-dealkylation sites (N-methyl/N-ethyl adjacent to an activating group) is 1. The number of hydrogen-bond acceptors (Lipinski definition) is 7. The molecule has 0 aromatic heterocycles. The number of aliphatic hydroxyl groups is 1. The third kappa shape index (κ3) is 6.73. The monoisotopic (exact) mass is 484 g/mol. The number of carbonyl (C=O) groups excluding carboxylic acids is 1. The first-order valence-corrected chi connectivity index (χ1v) is 12.8. The van der Waals surface area contributed by atoms with Crippen molar-refractivity contribution in [2.75, 3.05) is 53.4 Å². The van der Waals surface area contributed by atoms with Gasteiger partial charge in [0.15, 0.2) is 6.61 Å². The molecule has 4 rings (SSSR count). The van der Waals surface area contributed by atoms with Crippen LogP contribution in [0.3, 0.4) is 0 Å². The predicted molar refractivity (Wildman–Crippen MR) is 136 cm³/mol. The third-order valence-electron chi connectivity index (χ3n) is 6.51. The normalized spacial score (nSPS) is 20.9. The van der Waals surface area contributed by atoms with E-state index in [0.29, 0.717) is 18.8 Å². The molecule has 2 aliphatic rings. The molecule has 0 bridgehead atoms. The van der Waals surface area contributed by atoms with Gasteiger partial charge in [0.2, 0.25) is 0 Å². The van der Waals surface area contributed by atoms with E-state index in [-0.39, 0.29) is 24.7 Å². The van der Waals surface area contributed by atoms with Crippen LogP contribution < -0.4 is 10.1 Å². The van der Waals surface area contributed by atoms with Crippen LogP contribution in [0, 0.1) is 0 Å². The second kappa shape index (κ2) is 12.0. The highest BCUT2D eigenvalue weighted by atomic mass is 32.2. The number of β-amino-alcohol motifs (C(OH)–C–C–N with tert-alkyl or cyclic N) is 1. The van der Waals surface area contributed by atoms with Crippen LogP contribution in [0.4, 0.5) is 0 Å². The number of benzene rings is 2. The van der Waals surface area contributed by atoms with Gasteiger partial charge in [-0.2, -0.15) is 0 Å². The number of rotatable bonds is 10. The highest BCUT2D eigenvalue weighted by Crippen LogP contribution is 2.34. The number of amides is 1. The topological polar surface area (TPSA) is 68.3 Å². The fourth-order valence-corrected chi connectivity index (χ4v) is 5.66. The molecule has 184 valence electrons. The van der Waals surface area contributed by atoms with Crippen molar-refractivity contribution in [2.24, 2.45) is 0 Å². The summed E-state index contributed by atoms with van der Waals surface area (Å²) in [6.45, 7) is 5.06. The number of para-hydroxylation sites is 1. The largest absolute Gasteiger partial charge is 0.483 e. The molecule has 1 saturated heterocycles. The second-order valence-corrected chi connectivity index (χ2v) is 10.4. The van der Waals surface area contributed by atoms with E-state index in [2.05, 4.69) is 43.7 Å². The molecule has 0 spiro atoms. The molecule has 1 fully saturated rings. The molecule has 2 aliphatic heterocycles. The zero-order chi connectivity index (χ0) is 23.9. The number of hydrogen-bond donors (Lipinski definition) is 2. The van der Waals surface area contributed by atoms with Gasteiger partial charge in [-0.25, -0.2) is 4.31 Å². The molecule has 2 unspecified atom stereocenters. The number of ether oxygens (including phenoxy) is 1. The van der Waals surface area contributed by atoms with Crippen LogP contribution >= 0.6 is 11.9 Å². The molecule has 2 atom stereocenters. The van der Waals surface area contributed by atoms with Gasteiger partial charge in [-0.15, -0.1) is 0 Å². The van der Waals surface area contributed by atoms with Crippen LogP contribution in [0.2, 0.25) is 0 Å². The van der Waals surface area contributed by atoms with Gasteiger partial charge in [0.25, 0.3) is 5.91 Å². The summed E-state index contributed by atoms with van der Waals surface area (Å²) in [6, 6.07) is 16.5. The molecule has 0 saturated carbocycles. The molecular formula is C26H36N4O3S. The molecule has 2 heterocycles. The van der Waals surface area contributed by atoms with Crippen molar-refractivity contribution in [2.45, 2.75) is 36.4 Å². The van der Waals surface area contributed by atoms with Gasteiger partial charge in [0, 0.05) is 45.3 Å². The first kappa shape index (κ1) is 25.0. The molecule has 8 heteroatoms. The zero-order valence-electron chi connectivity index (χ0n) is 20.2. The summed E-state index contributed by atoms with van der Waals surface area (Å²) in [5.74, 6) is 0.588. The van der Waals surface area contributed by atoms with Crippen molar-refractivity contribution < 1.29 is 14.6 Å². The summed E-state index contributed by atoms with van der Waals surface area (Å²) in [5, 5.41) is 13.3. The van der Waals surface area contributed by atoms with E-state index in [0.717, 1.165) is 43.9 Å². The van der Waals surface area contributed by atoms with E-state index in [9.17, 15) is 9.90 Å². The van der Waals surface area contributed by atoms with Gasteiger partial charge in [0.1, 0.15) is 5.75 Å². The first-order chi connectivity index (χ1) is 16.5. The number of nitrogens with zero attached hydrogens (tertiary/aromatic N) is 3.